The number of amides is 1. The minimum atomic E-state index is -1.60. The van der Waals surface area contributed by atoms with Crippen LogP contribution in [0.2, 0.25) is 0 Å². The van der Waals surface area contributed by atoms with Crippen molar-refractivity contribution in [2.75, 3.05) is 5.32 Å². The Kier molecular flexibility index (Phi) is 3.71. The fourth-order valence-electron chi connectivity index (χ4n) is 1.37. The molecule has 2 rings (SSSR count). The number of carboxylic acids is 1. The topological polar surface area (TPSA) is 122 Å². The van der Waals surface area contributed by atoms with Gasteiger partial charge in [0.05, 0.1) is 10.6 Å². The number of carboxylic acid groups (broad SMARTS) is 1. The van der Waals surface area contributed by atoms with Gasteiger partial charge in [-0.05, 0) is 12.1 Å². The Morgan fingerprint density at radius 3 is 2.50 bits per heavy atom. The number of nitro benzene ring substituents is 1. The smallest absolute Gasteiger partial charge is 0.394 e. The predicted octanol–water partition coefficient (Wildman–Crippen LogP) is 1.74. The van der Waals surface area contributed by atoms with E-state index in [0.717, 1.165) is 11.3 Å². The van der Waals surface area contributed by atoms with Gasteiger partial charge in [-0.2, -0.15) is 0 Å². The van der Waals surface area contributed by atoms with Crippen LogP contribution in [0, 0.1) is 10.1 Å². The van der Waals surface area contributed by atoms with Gasteiger partial charge in [-0.25, -0.2) is 9.78 Å². The Morgan fingerprint density at radius 2 is 1.95 bits per heavy atom. The maximum Gasteiger partial charge on any atom is 0.394 e. The van der Waals surface area contributed by atoms with Crippen molar-refractivity contribution in [3.8, 4) is 11.3 Å². The Hall–Kier alpha value is -2.81. The van der Waals surface area contributed by atoms with E-state index in [9.17, 15) is 19.7 Å². The van der Waals surface area contributed by atoms with Crippen molar-refractivity contribution >= 4 is 34.0 Å². The second-order valence-electron chi connectivity index (χ2n) is 3.60. The number of aliphatic carboxylic acids is 1. The summed E-state index contributed by atoms with van der Waals surface area (Å²) in [5, 5.41) is 22.9. The third-order valence-electron chi connectivity index (χ3n) is 2.29. The number of carbonyl (C=O) groups is 2. The number of nitrogens with zero attached hydrogens (tertiary/aromatic N) is 2. The second-order valence-corrected chi connectivity index (χ2v) is 4.46. The van der Waals surface area contributed by atoms with Crippen LogP contribution < -0.4 is 5.32 Å². The molecule has 1 heterocycles. The monoisotopic (exact) mass is 293 g/mol. The second kappa shape index (κ2) is 5.45. The molecule has 9 heteroatoms. The Balaban J connectivity index is 2.18. The van der Waals surface area contributed by atoms with Crippen LogP contribution in [0.3, 0.4) is 0 Å². The van der Waals surface area contributed by atoms with Gasteiger partial charge >= 0.3 is 11.9 Å². The van der Waals surface area contributed by atoms with Gasteiger partial charge in [-0.3, -0.25) is 20.2 Å². The summed E-state index contributed by atoms with van der Waals surface area (Å²) in [6.07, 6.45) is 0. The van der Waals surface area contributed by atoms with E-state index in [4.69, 9.17) is 5.11 Å². The van der Waals surface area contributed by atoms with Crippen LogP contribution in [0.4, 0.5) is 10.8 Å². The van der Waals surface area contributed by atoms with Gasteiger partial charge in [-0.15, -0.1) is 11.3 Å². The van der Waals surface area contributed by atoms with Crippen LogP contribution in [0.15, 0.2) is 29.6 Å². The van der Waals surface area contributed by atoms with Crippen LogP contribution in [0.1, 0.15) is 0 Å². The highest BCUT2D eigenvalue weighted by Gasteiger charge is 2.14. The Morgan fingerprint density at radius 1 is 1.30 bits per heavy atom. The van der Waals surface area contributed by atoms with E-state index in [0.29, 0.717) is 11.3 Å². The number of aromatic nitrogens is 1. The number of hydrogen-bond acceptors (Lipinski definition) is 6. The zero-order chi connectivity index (χ0) is 14.7. The number of rotatable bonds is 3. The molecule has 2 N–H and O–H groups in total. The molecule has 8 nitrogen and oxygen atoms in total. The first kappa shape index (κ1) is 13.6. The number of hydrogen-bond donors (Lipinski definition) is 2. The fourth-order valence-corrected chi connectivity index (χ4v) is 2.08. The quantitative estimate of drug-likeness (QED) is 0.505. The summed E-state index contributed by atoms with van der Waals surface area (Å²) in [5.74, 6) is -2.77. The average molecular weight is 293 g/mol. The molecule has 0 aliphatic carbocycles. The maximum absolute atomic E-state index is 11.0. The number of carbonyl (C=O) groups excluding carboxylic acids is 1. The maximum atomic E-state index is 11.0. The van der Waals surface area contributed by atoms with Crippen molar-refractivity contribution in [1.82, 2.24) is 4.98 Å². The van der Waals surface area contributed by atoms with Crippen LogP contribution in [-0.2, 0) is 9.59 Å². The molecule has 1 aromatic heterocycles. The molecule has 102 valence electrons. The molecule has 0 atom stereocenters. The molecule has 0 spiro atoms. The van der Waals surface area contributed by atoms with Crippen molar-refractivity contribution in [3.63, 3.8) is 0 Å². The van der Waals surface area contributed by atoms with Crippen molar-refractivity contribution in [1.29, 1.82) is 0 Å². The van der Waals surface area contributed by atoms with E-state index < -0.39 is 16.8 Å². The van der Waals surface area contributed by atoms with Crippen molar-refractivity contribution in [2.24, 2.45) is 0 Å². The van der Waals surface area contributed by atoms with Gasteiger partial charge in [0.15, 0.2) is 5.13 Å². The van der Waals surface area contributed by atoms with Crippen LogP contribution in [-0.4, -0.2) is 26.9 Å². The van der Waals surface area contributed by atoms with Crippen LogP contribution in [0.25, 0.3) is 11.3 Å². The first-order valence-electron chi connectivity index (χ1n) is 5.22. The molecule has 0 unspecified atom stereocenters. The summed E-state index contributed by atoms with van der Waals surface area (Å²) in [5.41, 5.74) is 1.08. The summed E-state index contributed by atoms with van der Waals surface area (Å²) in [7, 11) is 0. The third-order valence-corrected chi connectivity index (χ3v) is 3.05. The molecule has 0 saturated heterocycles. The summed E-state index contributed by atoms with van der Waals surface area (Å²) < 4.78 is 0. The number of nitro groups is 1. The lowest BCUT2D eigenvalue weighted by Gasteiger charge is -1.97. The summed E-state index contributed by atoms with van der Waals surface area (Å²) in [6.45, 7) is 0. The molecule has 0 aliphatic heterocycles. The van der Waals surface area contributed by atoms with E-state index >= 15 is 0 Å². The molecule has 0 aliphatic rings. The van der Waals surface area contributed by atoms with Gasteiger partial charge < -0.3 is 5.11 Å². The molecule has 0 fully saturated rings. The minimum Gasteiger partial charge on any atom is -0.474 e. The van der Waals surface area contributed by atoms with Gasteiger partial charge in [0.1, 0.15) is 0 Å². The van der Waals surface area contributed by atoms with Gasteiger partial charge in [0, 0.05) is 23.1 Å². The number of benzene rings is 1. The summed E-state index contributed by atoms with van der Waals surface area (Å²) >= 11 is 1.06. The van der Waals surface area contributed by atoms with Crippen molar-refractivity contribution in [2.45, 2.75) is 0 Å². The number of thiazole rings is 1. The average Bonchev–Trinajstić information content (AvgIpc) is 2.87. The zero-order valence-electron chi connectivity index (χ0n) is 9.77. The zero-order valence-corrected chi connectivity index (χ0v) is 10.6. The van der Waals surface area contributed by atoms with Gasteiger partial charge in [0.25, 0.3) is 5.69 Å². The molecule has 0 bridgehead atoms. The molecular formula is C11H7N3O5S. The highest BCUT2D eigenvalue weighted by atomic mass is 32.1. The lowest BCUT2D eigenvalue weighted by Crippen LogP contribution is -2.21. The highest BCUT2D eigenvalue weighted by molar-refractivity contribution is 7.14. The lowest BCUT2D eigenvalue weighted by atomic mass is 10.1. The van der Waals surface area contributed by atoms with Crippen LogP contribution in [0.5, 0.6) is 0 Å². The van der Waals surface area contributed by atoms with Gasteiger partial charge in [0.2, 0.25) is 0 Å². The van der Waals surface area contributed by atoms with Crippen molar-refractivity contribution in [3.05, 3.63) is 39.8 Å². The molecule has 2 aromatic rings. The summed E-state index contributed by atoms with van der Waals surface area (Å²) in [6, 6.07) is 5.72. The SMILES string of the molecule is O=C(O)C(=O)Nc1nc(-c2ccc([N+](=O)[O-])cc2)cs1. The first-order chi connectivity index (χ1) is 9.47. The Labute approximate surface area is 115 Å². The van der Waals surface area contributed by atoms with E-state index in [2.05, 4.69) is 10.3 Å². The highest BCUT2D eigenvalue weighted by Crippen LogP contribution is 2.26. The third kappa shape index (κ3) is 2.95. The standard InChI is InChI=1S/C11H7N3O5S/c15-9(10(16)17)13-11-12-8(5-20-11)6-1-3-7(4-2-6)14(18)19/h1-5H,(H,16,17)(H,12,13,15). The van der Waals surface area contributed by atoms with E-state index in [-0.39, 0.29) is 10.8 Å². The molecule has 0 saturated carbocycles. The van der Waals surface area contributed by atoms with Crippen LogP contribution >= 0.6 is 11.3 Å². The number of non-ortho nitro benzene ring substituents is 1. The first-order valence-corrected chi connectivity index (χ1v) is 6.10. The fraction of sp³-hybridized carbons (Fsp3) is 0. The predicted molar refractivity (Wildman–Crippen MR) is 70.5 cm³/mol. The molecule has 1 amide bonds. The molecule has 1 aromatic carbocycles. The minimum absolute atomic E-state index is 0.0385. The largest absolute Gasteiger partial charge is 0.474 e. The van der Waals surface area contributed by atoms with E-state index in [1.165, 1.54) is 24.3 Å². The molecule has 0 radical (unpaired) electrons. The number of anilines is 1. The molecular weight excluding hydrogens is 286 g/mol. The van der Waals surface area contributed by atoms with E-state index in [1.54, 1.807) is 5.38 Å². The van der Waals surface area contributed by atoms with Crippen molar-refractivity contribution < 1.29 is 19.6 Å². The van der Waals surface area contributed by atoms with Gasteiger partial charge in [-0.1, -0.05) is 0 Å². The summed E-state index contributed by atoms with van der Waals surface area (Å²) in [4.78, 5) is 35.4. The normalized spacial score (nSPS) is 10.0. The Bertz CT molecular complexity index is 680. The number of nitrogens with one attached hydrogen (secondary N) is 1. The lowest BCUT2D eigenvalue weighted by molar-refractivity contribution is -0.384. The van der Waals surface area contributed by atoms with E-state index in [1.807, 2.05) is 0 Å². The molecule has 20 heavy (non-hydrogen) atoms.